The van der Waals surface area contributed by atoms with E-state index in [1.165, 1.54) is 13.8 Å². The van der Waals surface area contributed by atoms with E-state index in [9.17, 15) is 19.2 Å². The topological polar surface area (TPSA) is 124 Å². The predicted octanol–water partition coefficient (Wildman–Crippen LogP) is 6.66. The van der Waals surface area contributed by atoms with E-state index >= 15 is 0 Å². The van der Waals surface area contributed by atoms with Crippen molar-refractivity contribution in [3.05, 3.63) is 68.6 Å². The zero-order chi connectivity index (χ0) is 33.5. The molecule has 0 spiro atoms. The first-order valence-corrected chi connectivity index (χ1v) is 17.0. The van der Waals surface area contributed by atoms with Crippen LogP contribution in [-0.4, -0.2) is 67.3 Å². The third kappa shape index (κ3) is 9.62. The van der Waals surface area contributed by atoms with Crippen LogP contribution in [0.5, 0.6) is 0 Å². The number of ether oxygens (including phenoxy) is 6. The Bertz CT molecular complexity index is 1360. The van der Waals surface area contributed by atoms with E-state index < -0.39 is 54.6 Å². The van der Waals surface area contributed by atoms with Crippen LogP contribution in [0.25, 0.3) is 0 Å². The van der Waals surface area contributed by atoms with Gasteiger partial charge in [-0.1, -0.05) is 59.1 Å². The normalized spacial score (nSPS) is 27.8. The number of hydrogen-bond donors (Lipinski definition) is 0. The summed E-state index contributed by atoms with van der Waals surface area (Å²) in [4.78, 5) is 51.3. The van der Waals surface area contributed by atoms with Crippen LogP contribution in [0.3, 0.4) is 0 Å². The highest BCUT2D eigenvalue weighted by atomic mass is 79.9. The Balaban J connectivity index is 1.70. The van der Waals surface area contributed by atoms with Gasteiger partial charge in [-0.15, -0.1) is 0 Å². The minimum atomic E-state index is -1.34. The number of esters is 4. The molecule has 1 saturated heterocycles. The van der Waals surface area contributed by atoms with Gasteiger partial charge < -0.3 is 28.4 Å². The Morgan fingerprint density at radius 1 is 0.783 bits per heavy atom. The minimum absolute atomic E-state index is 0.201. The van der Waals surface area contributed by atoms with Crippen LogP contribution in [0.4, 0.5) is 0 Å². The zero-order valence-corrected chi connectivity index (χ0v) is 29.7. The van der Waals surface area contributed by atoms with E-state index in [0.29, 0.717) is 17.4 Å². The van der Waals surface area contributed by atoms with Crippen LogP contribution in [0, 0.1) is 17.8 Å². The van der Waals surface area contributed by atoms with Crippen molar-refractivity contribution in [3.8, 4) is 0 Å². The van der Waals surface area contributed by atoms with Crippen LogP contribution < -0.4 is 0 Å². The summed E-state index contributed by atoms with van der Waals surface area (Å²) in [6, 6.07) is 13.1. The molecule has 2 fully saturated rings. The second kappa shape index (κ2) is 16.3. The first-order valence-electron chi connectivity index (χ1n) is 15.4. The molecule has 2 aromatic carbocycles. The standard InChI is InChI=1S/C34H40Br2O10/c1-18(2)26-15-6-19(3)16-27(26)44-34-31(43-21(5)38)30(42-20(4)37)29(46-33(40)23-9-13-25(36)14-10-23)28(45-34)17-41-32(39)22-7-11-24(35)12-8-22/h7-14,18-19,26-31,34H,6,15-17H2,1-5H3/t19-,26+,27-,28+,29-,30-,31+,34-/m0/s1. The number of hydrogen-bond acceptors (Lipinski definition) is 10. The van der Waals surface area contributed by atoms with Gasteiger partial charge in [0, 0.05) is 22.8 Å². The van der Waals surface area contributed by atoms with Gasteiger partial charge in [0.15, 0.2) is 24.6 Å². The summed E-state index contributed by atoms with van der Waals surface area (Å²) in [5, 5.41) is 0. The lowest BCUT2D eigenvalue weighted by atomic mass is 9.75. The molecule has 2 aliphatic rings. The minimum Gasteiger partial charge on any atom is -0.459 e. The Morgan fingerprint density at radius 2 is 1.33 bits per heavy atom. The first-order chi connectivity index (χ1) is 21.8. The number of carbonyl (C=O) groups is 4. The molecule has 10 nitrogen and oxygen atoms in total. The van der Waals surface area contributed by atoms with E-state index in [2.05, 4.69) is 52.6 Å². The number of carbonyl (C=O) groups excluding carboxylic acids is 4. The van der Waals surface area contributed by atoms with E-state index in [1.54, 1.807) is 48.5 Å². The summed E-state index contributed by atoms with van der Waals surface area (Å²) in [5.74, 6) is -1.86. The highest BCUT2D eigenvalue weighted by Gasteiger charge is 2.54. The Hall–Kier alpha value is -2.80. The maximum atomic E-state index is 13.4. The van der Waals surface area contributed by atoms with Gasteiger partial charge in [-0.05, 0) is 79.1 Å². The average molecular weight is 768 g/mol. The van der Waals surface area contributed by atoms with Gasteiger partial charge in [0.1, 0.15) is 12.7 Å². The first kappa shape index (κ1) is 36.0. The molecule has 8 atom stereocenters. The molecule has 0 radical (unpaired) electrons. The summed E-state index contributed by atoms with van der Waals surface area (Å²) < 4.78 is 37.5. The van der Waals surface area contributed by atoms with Gasteiger partial charge >= 0.3 is 23.9 Å². The highest BCUT2D eigenvalue weighted by Crippen LogP contribution is 2.39. The van der Waals surface area contributed by atoms with Crippen molar-refractivity contribution in [2.45, 2.75) is 90.7 Å². The predicted molar refractivity (Wildman–Crippen MR) is 174 cm³/mol. The molecular weight excluding hydrogens is 728 g/mol. The van der Waals surface area contributed by atoms with Crippen molar-refractivity contribution in [2.75, 3.05) is 6.61 Å². The summed E-state index contributed by atoms with van der Waals surface area (Å²) in [5.41, 5.74) is 0.509. The molecular formula is C34H40Br2O10. The van der Waals surface area contributed by atoms with Crippen LogP contribution in [0.15, 0.2) is 57.5 Å². The maximum absolute atomic E-state index is 13.4. The molecule has 0 unspecified atom stereocenters. The SMILES string of the molecule is CC(=O)O[C@H]1[C@@H](OC(=O)c2ccc(Br)cc2)[C@@H](COC(=O)c2ccc(Br)cc2)O[C@H](O[C@H]2C[C@@H](C)CC[C@@H]2C(C)C)[C@@H]1OC(C)=O. The van der Waals surface area contributed by atoms with Crippen molar-refractivity contribution in [1.82, 2.24) is 0 Å². The fourth-order valence-corrected chi connectivity index (χ4v) is 6.48. The molecule has 0 bridgehead atoms. The fourth-order valence-electron chi connectivity index (χ4n) is 5.96. The molecule has 0 aromatic heterocycles. The quantitative estimate of drug-likeness (QED) is 0.192. The second-order valence-corrected chi connectivity index (χ2v) is 14.0. The third-order valence-corrected chi connectivity index (χ3v) is 9.30. The van der Waals surface area contributed by atoms with Crippen molar-refractivity contribution in [1.29, 1.82) is 0 Å². The lowest BCUT2D eigenvalue weighted by molar-refractivity contribution is -0.321. The number of halogens is 2. The largest absolute Gasteiger partial charge is 0.459 e. The van der Waals surface area contributed by atoms with Crippen molar-refractivity contribution < 1.29 is 47.6 Å². The van der Waals surface area contributed by atoms with E-state index in [4.69, 9.17) is 28.4 Å². The molecule has 0 amide bonds. The molecule has 1 aliphatic heterocycles. The Kier molecular flexibility index (Phi) is 12.8. The molecule has 250 valence electrons. The maximum Gasteiger partial charge on any atom is 0.338 e. The highest BCUT2D eigenvalue weighted by molar-refractivity contribution is 9.10. The number of benzene rings is 2. The van der Waals surface area contributed by atoms with Crippen LogP contribution in [0.2, 0.25) is 0 Å². The van der Waals surface area contributed by atoms with Crippen molar-refractivity contribution >= 4 is 55.7 Å². The van der Waals surface area contributed by atoms with Crippen molar-refractivity contribution in [3.63, 3.8) is 0 Å². The zero-order valence-electron chi connectivity index (χ0n) is 26.5. The summed E-state index contributed by atoms with van der Waals surface area (Å²) >= 11 is 6.70. The third-order valence-electron chi connectivity index (χ3n) is 8.25. The average Bonchev–Trinajstić information content (AvgIpc) is 2.99. The Morgan fingerprint density at radius 3 is 1.87 bits per heavy atom. The van der Waals surface area contributed by atoms with Gasteiger partial charge in [-0.3, -0.25) is 9.59 Å². The van der Waals surface area contributed by atoms with Crippen LogP contribution in [0.1, 0.15) is 74.6 Å². The lowest BCUT2D eigenvalue weighted by Crippen LogP contribution is -2.63. The van der Waals surface area contributed by atoms with Gasteiger partial charge in [0.25, 0.3) is 0 Å². The molecule has 4 rings (SSSR count). The summed E-state index contributed by atoms with van der Waals surface area (Å²) in [7, 11) is 0. The monoisotopic (exact) mass is 766 g/mol. The van der Waals surface area contributed by atoms with E-state index in [1.807, 2.05) is 0 Å². The van der Waals surface area contributed by atoms with Gasteiger partial charge in [-0.25, -0.2) is 9.59 Å². The second-order valence-electron chi connectivity index (χ2n) is 12.2. The molecule has 1 heterocycles. The molecule has 1 aliphatic carbocycles. The molecule has 1 saturated carbocycles. The Labute approximate surface area is 286 Å². The van der Waals surface area contributed by atoms with E-state index in [-0.39, 0.29) is 24.2 Å². The number of rotatable bonds is 10. The molecule has 2 aromatic rings. The molecule has 0 N–H and O–H groups in total. The molecule has 12 heteroatoms. The van der Waals surface area contributed by atoms with Gasteiger partial charge in [0.2, 0.25) is 0 Å². The smallest absolute Gasteiger partial charge is 0.338 e. The fraction of sp³-hybridized carbons (Fsp3) is 0.529. The summed E-state index contributed by atoms with van der Waals surface area (Å²) in [6.07, 6.45) is -3.84. The summed E-state index contributed by atoms with van der Waals surface area (Å²) in [6.45, 7) is 8.45. The van der Waals surface area contributed by atoms with Gasteiger partial charge in [0.05, 0.1) is 17.2 Å². The lowest BCUT2D eigenvalue weighted by Gasteiger charge is -2.46. The molecule has 46 heavy (non-hydrogen) atoms. The van der Waals surface area contributed by atoms with Crippen LogP contribution >= 0.6 is 31.9 Å². The van der Waals surface area contributed by atoms with Crippen molar-refractivity contribution in [2.24, 2.45) is 17.8 Å². The van der Waals surface area contributed by atoms with Crippen LogP contribution in [-0.2, 0) is 38.0 Å². The van der Waals surface area contributed by atoms with Gasteiger partial charge in [-0.2, -0.15) is 0 Å². The van der Waals surface area contributed by atoms with E-state index in [0.717, 1.165) is 28.2 Å².